The number of epoxide rings is 1. The third-order valence-electron chi connectivity index (χ3n) is 2.23. The third kappa shape index (κ3) is 1.64. The summed E-state index contributed by atoms with van der Waals surface area (Å²) in [6.45, 7) is 2.03. The molecule has 1 saturated heterocycles. The Kier molecular flexibility index (Phi) is 2.18. The minimum absolute atomic E-state index is 0.179. The fourth-order valence-electron chi connectivity index (χ4n) is 1.38. The number of halogens is 1. The molecule has 0 aromatic heterocycles. The molecule has 0 amide bonds. The van der Waals surface area contributed by atoms with Crippen LogP contribution in [0.2, 0.25) is 5.02 Å². The van der Waals surface area contributed by atoms with Crippen molar-refractivity contribution in [3.05, 3.63) is 28.8 Å². The highest BCUT2D eigenvalue weighted by Gasteiger charge is 2.37. The zero-order valence-electron chi connectivity index (χ0n) is 7.58. The zero-order chi connectivity index (χ0) is 9.42. The topological polar surface area (TPSA) is 21.8 Å². The lowest BCUT2D eigenvalue weighted by atomic mass is 10.1. The quantitative estimate of drug-likeness (QED) is 0.682. The van der Waals surface area contributed by atoms with Gasteiger partial charge in [0.1, 0.15) is 11.9 Å². The van der Waals surface area contributed by atoms with Crippen molar-refractivity contribution >= 4 is 11.6 Å². The summed E-state index contributed by atoms with van der Waals surface area (Å²) in [6, 6.07) is 5.66. The van der Waals surface area contributed by atoms with Crippen LogP contribution in [-0.2, 0) is 4.74 Å². The van der Waals surface area contributed by atoms with Gasteiger partial charge in [0.15, 0.2) is 0 Å². The zero-order valence-corrected chi connectivity index (χ0v) is 8.34. The van der Waals surface area contributed by atoms with Crippen molar-refractivity contribution in [1.29, 1.82) is 0 Å². The lowest BCUT2D eigenvalue weighted by Gasteiger charge is -2.03. The monoisotopic (exact) mass is 198 g/mol. The second-order valence-corrected chi connectivity index (χ2v) is 3.56. The summed E-state index contributed by atoms with van der Waals surface area (Å²) in [5.41, 5.74) is 1.05. The van der Waals surface area contributed by atoms with Gasteiger partial charge in [0, 0.05) is 5.56 Å². The van der Waals surface area contributed by atoms with E-state index in [0.717, 1.165) is 11.3 Å². The molecule has 0 saturated carbocycles. The molecule has 1 aromatic rings. The molecule has 0 bridgehead atoms. The molecule has 13 heavy (non-hydrogen) atoms. The van der Waals surface area contributed by atoms with Crippen LogP contribution >= 0.6 is 11.6 Å². The van der Waals surface area contributed by atoms with Crippen LogP contribution < -0.4 is 4.74 Å². The highest BCUT2D eigenvalue weighted by atomic mass is 35.5. The van der Waals surface area contributed by atoms with E-state index < -0.39 is 0 Å². The van der Waals surface area contributed by atoms with Gasteiger partial charge in [-0.25, -0.2) is 0 Å². The first kappa shape index (κ1) is 8.85. The van der Waals surface area contributed by atoms with Gasteiger partial charge in [-0.3, -0.25) is 0 Å². The maximum atomic E-state index is 6.05. The summed E-state index contributed by atoms with van der Waals surface area (Å²) in [7, 11) is 1.63. The van der Waals surface area contributed by atoms with E-state index in [2.05, 4.69) is 0 Å². The molecule has 2 rings (SSSR count). The predicted octanol–water partition coefficient (Wildman–Crippen LogP) is 2.81. The molecular weight excluding hydrogens is 188 g/mol. The molecule has 2 nitrogen and oxygen atoms in total. The van der Waals surface area contributed by atoms with E-state index in [1.54, 1.807) is 7.11 Å². The van der Waals surface area contributed by atoms with E-state index in [1.807, 2.05) is 25.1 Å². The van der Waals surface area contributed by atoms with Crippen LogP contribution in [0.1, 0.15) is 18.6 Å². The van der Waals surface area contributed by atoms with Crippen molar-refractivity contribution in [2.24, 2.45) is 0 Å². The van der Waals surface area contributed by atoms with Gasteiger partial charge in [-0.15, -0.1) is 0 Å². The molecule has 2 atom stereocenters. The summed E-state index contributed by atoms with van der Waals surface area (Å²) < 4.78 is 10.4. The van der Waals surface area contributed by atoms with Gasteiger partial charge in [-0.1, -0.05) is 17.7 Å². The van der Waals surface area contributed by atoms with Gasteiger partial charge >= 0.3 is 0 Å². The molecule has 70 valence electrons. The van der Waals surface area contributed by atoms with Crippen LogP contribution in [0.4, 0.5) is 0 Å². The van der Waals surface area contributed by atoms with E-state index >= 15 is 0 Å². The van der Waals surface area contributed by atoms with Crippen molar-refractivity contribution in [3.63, 3.8) is 0 Å². The summed E-state index contributed by atoms with van der Waals surface area (Å²) in [4.78, 5) is 0. The average Bonchev–Trinajstić information content (AvgIpc) is 2.82. The van der Waals surface area contributed by atoms with Crippen molar-refractivity contribution in [3.8, 4) is 5.75 Å². The van der Waals surface area contributed by atoms with Crippen LogP contribution in [0.5, 0.6) is 5.75 Å². The molecule has 1 aliphatic heterocycles. The first-order chi connectivity index (χ1) is 6.22. The highest BCUT2D eigenvalue weighted by molar-refractivity contribution is 6.31. The standard InChI is InChI=1S/C10H11ClO2/c1-6-10(13-6)8-4-3-7(12-2)5-9(8)11/h3-6,10H,1-2H3. The van der Waals surface area contributed by atoms with E-state index in [-0.39, 0.29) is 6.10 Å². The molecule has 0 radical (unpaired) electrons. The number of methoxy groups -OCH3 is 1. The van der Waals surface area contributed by atoms with Crippen LogP contribution in [-0.4, -0.2) is 13.2 Å². The van der Waals surface area contributed by atoms with Crippen LogP contribution in [0.3, 0.4) is 0 Å². The van der Waals surface area contributed by atoms with Crippen molar-refractivity contribution in [1.82, 2.24) is 0 Å². The third-order valence-corrected chi connectivity index (χ3v) is 2.55. The Morgan fingerprint density at radius 1 is 1.46 bits per heavy atom. The van der Waals surface area contributed by atoms with Gasteiger partial charge in [0.05, 0.1) is 18.2 Å². The molecule has 1 aliphatic rings. The Balaban J connectivity index is 2.27. The van der Waals surface area contributed by atoms with Gasteiger partial charge in [0.25, 0.3) is 0 Å². The molecule has 0 N–H and O–H groups in total. The molecule has 0 spiro atoms. The van der Waals surface area contributed by atoms with E-state index in [9.17, 15) is 0 Å². The molecular formula is C10H11ClO2. The highest BCUT2D eigenvalue weighted by Crippen LogP contribution is 2.42. The maximum absolute atomic E-state index is 6.05. The van der Waals surface area contributed by atoms with Gasteiger partial charge in [0.2, 0.25) is 0 Å². The summed E-state index contributed by atoms with van der Waals surface area (Å²) in [5.74, 6) is 0.780. The van der Waals surface area contributed by atoms with Gasteiger partial charge in [-0.05, 0) is 19.1 Å². The first-order valence-electron chi connectivity index (χ1n) is 4.21. The van der Waals surface area contributed by atoms with E-state index in [1.165, 1.54) is 0 Å². The molecule has 1 aromatic carbocycles. The lowest BCUT2D eigenvalue weighted by molar-refractivity contribution is 0.382. The summed E-state index contributed by atoms with van der Waals surface area (Å²) in [5, 5.41) is 0.716. The Morgan fingerprint density at radius 3 is 2.62 bits per heavy atom. The summed E-state index contributed by atoms with van der Waals surface area (Å²) >= 11 is 6.05. The Hall–Kier alpha value is -0.730. The largest absolute Gasteiger partial charge is 0.497 e. The smallest absolute Gasteiger partial charge is 0.120 e. The number of benzene rings is 1. The van der Waals surface area contributed by atoms with E-state index in [0.29, 0.717) is 11.1 Å². The van der Waals surface area contributed by atoms with Crippen molar-refractivity contribution in [2.45, 2.75) is 19.1 Å². The molecule has 3 heteroatoms. The second-order valence-electron chi connectivity index (χ2n) is 3.15. The first-order valence-corrected chi connectivity index (χ1v) is 4.59. The van der Waals surface area contributed by atoms with Crippen molar-refractivity contribution in [2.75, 3.05) is 7.11 Å². The fourth-order valence-corrected chi connectivity index (χ4v) is 1.66. The van der Waals surface area contributed by atoms with Crippen LogP contribution in [0.15, 0.2) is 18.2 Å². The number of ether oxygens (including phenoxy) is 2. The average molecular weight is 199 g/mol. The number of rotatable bonds is 2. The SMILES string of the molecule is COc1ccc(C2OC2C)c(Cl)c1. The Bertz CT molecular complexity index is 325. The van der Waals surface area contributed by atoms with Crippen LogP contribution in [0.25, 0.3) is 0 Å². The van der Waals surface area contributed by atoms with Gasteiger partial charge in [-0.2, -0.15) is 0 Å². The second kappa shape index (κ2) is 3.20. The molecule has 0 aliphatic carbocycles. The fraction of sp³-hybridized carbons (Fsp3) is 0.400. The summed E-state index contributed by atoms with van der Waals surface area (Å²) in [6.07, 6.45) is 0.476. The Labute approximate surface area is 82.4 Å². The Morgan fingerprint density at radius 2 is 2.15 bits per heavy atom. The molecule has 1 heterocycles. The van der Waals surface area contributed by atoms with Gasteiger partial charge < -0.3 is 9.47 Å². The minimum Gasteiger partial charge on any atom is -0.497 e. The molecule has 1 fully saturated rings. The predicted molar refractivity (Wildman–Crippen MR) is 51.3 cm³/mol. The normalized spacial score (nSPS) is 25.8. The lowest BCUT2D eigenvalue weighted by Crippen LogP contribution is -1.88. The molecule has 2 unspecified atom stereocenters. The van der Waals surface area contributed by atoms with Crippen LogP contribution in [0, 0.1) is 0 Å². The number of hydrogen-bond donors (Lipinski definition) is 0. The van der Waals surface area contributed by atoms with E-state index in [4.69, 9.17) is 21.1 Å². The maximum Gasteiger partial charge on any atom is 0.120 e. The minimum atomic E-state index is 0.179. The number of hydrogen-bond acceptors (Lipinski definition) is 2. The van der Waals surface area contributed by atoms with Crippen molar-refractivity contribution < 1.29 is 9.47 Å².